The molecule has 0 unspecified atom stereocenters. The van der Waals surface area contributed by atoms with Crippen molar-refractivity contribution in [2.75, 3.05) is 0 Å². The number of aromatic nitrogens is 4. The lowest BCUT2D eigenvalue weighted by molar-refractivity contribution is 1.14. The highest BCUT2D eigenvalue weighted by Gasteiger charge is 2.12. The van der Waals surface area contributed by atoms with Crippen LogP contribution in [-0.4, -0.2) is 19.9 Å². The summed E-state index contributed by atoms with van der Waals surface area (Å²) in [6.07, 6.45) is 11.6. The zero-order chi connectivity index (χ0) is 26.2. The molecule has 0 saturated carbocycles. The van der Waals surface area contributed by atoms with Gasteiger partial charge in [0.25, 0.3) is 0 Å². The van der Waals surface area contributed by atoms with Crippen molar-refractivity contribution in [3.05, 3.63) is 121 Å². The molecule has 2 aromatic carbocycles. The molecular formula is C32H20N6. The van der Waals surface area contributed by atoms with Crippen molar-refractivity contribution in [3.8, 4) is 57.3 Å². The summed E-state index contributed by atoms with van der Waals surface area (Å²) < 4.78 is 0. The van der Waals surface area contributed by atoms with Crippen LogP contribution in [0.4, 0.5) is 0 Å². The van der Waals surface area contributed by atoms with Gasteiger partial charge < -0.3 is 0 Å². The maximum atomic E-state index is 8.80. The van der Waals surface area contributed by atoms with E-state index in [1.165, 1.54) is 12.2 Å². The standard InChI is InChI=1S/C32H20N6/c33-15-1-4-23-6-10-25(11-7-23)27-14-19-35-29(20-27)30-21-28(22-31(38-30)32-36-17-3-18-37-32)26-12-8-24(9-13-26)5-2-16-34/h1-14,17-22H/b4-1-,5-2-. The van der Waals surface area contributed by atoms with Crippen molar-refractivity contribution in [2.24, 2.45) is 0 Å². The number of hydrogen-bond acceptors (Lipinski definition) is 6. The molecule has 0 radical (unpaired) electrons. The van der Waals surface area contributed by atoms with Crippen LogP contribution >= 0.6 is 0 Å². The molecule has 3 aromatic heterocycles. The fourth-order valence-electron chi connectivity index (χ4n) is 3.96. The van der Waals surface area contributed by atoms with Crippen LogP contribution in [0.5, 0.6) is 0 Å². The summed E-state index contributed by atoms with van der Waals surface area (Å²) in [5.41, 5.74) is 7.96. The Labute approximate surface area is 220 Å². The Hall–Kier alpha value is -5.72. The van der Waals surface area contributed by atoms with Gasteiger partial charge in [-0.1, -0.05) is 48.5 Å². The number of hydrogen-bond donors (Lipinski definition) is 0. The molecule has 0 spiro atoms. The molecule has 38 heavy (non-hydrogen) atoms. The smallest absolute Gasteiger partial charge is 0.178 e. The fraction of sp³-hybridized carbons (Fsp3) is 0. The van der Waals surface area contributed by atoms with Crippen molar-refractivity contribution < 1.29 is 0 Å². The third-order valence-corrected chi connectivity index (χ3v) is 5.83. The molecule has 6 heteroatoms. The summed E-state index contributed by atoms with van der Waals surface area (Å²) in [4.78, 5) is 18.3. The highest BCUT2D eigenvalue weighted by molar-refractivity contribution is 5.77. The quantitative estimate of drug-likeness (QED) is 0.238. The van der Waals surface area contributed by atoms with Gasteiger partial charge in [0.05, 0.1) is 23.5 Å². The molecule has 3 heterocycles. The van der Waals surface area contributed by atoms with E-state index in [2.05, 4.69) is 15.0 Å². The van der Waals surface area contributed by atoms with Crippen LogP contribution in [0.2, 0.25) is 0 Å². The SMILES string of the molecule is N#C/C=C\c1ccc(-c2ccnc(-c3cc(-c4ccc(/C=C\C#N)cc4)cc(-c4ncccn4)n3)c2)cc1. The molecular weight excluding hydrogens is 468 g/mol. The molecule has 0 bridgehead atoms. The van der Waals surface area contributed by atoms with Crippen LogP contribution in [0.1, 0.15) is 11.1 Å². The maximum absolute atomic E-state index is 8.80. The lowest BCUT2D eigenvalue weighted by atomic mass is 10.0. The number of nitrogens with zero attached hydrogens (tertiary/aromatic N) is 6. The van der Waals surface area contributed by atoms with Crippen molar-refractivity contribution >= 4 is 12.2 Å². The Kier molecular flexibility index (Phi) is 7.16. The van der Waals surface area contributed by atoms with Gasteiger partial charge in [0, 0.05) is 30.7 Å². The molecule has 0 N–H and O–H groups in total. The highest BCUT2D eigenvalue weighted by atomic mass is 14.9. The number of rotatable bonds is 6. The van der Waals surface area contributed by atoms with Crippen LogP contribution in [0.15, 0.2) is 110 Å². The van der Waals surface area contributed by atoms with Gasteiger partial charge in [-0.05, 0) is 75.9 Å². The molecule has 5 aromatic rings. The zero-order valence-electron chi connectivity index (χ0n) is 20.2. The van der Waals surface area contributed by atoms with E-state index in [0.717, 1.165) is 39.1 Å². The van der Waals surface area contributed by atoms with E-state index in [0.29, 0.717) is 17.2 Å². The lowest BCUT2D eigenvalue weighted by Gasteiger charge is -2.10. The first kappa shape index (κ1) is 24.0. The van der Waals surface area contributed by atoms with E-state index in [1.807, 2.05) is 84.9 Å². The van der Waals surface area contributed by atoms with E-state index in [4.69, 9.17) is 15.5 Å². The van der Waals surface area contributed by atoms with Gasteiger partial charge in [0.15, 0.2) is 5.82 Å². The Morgan fingerprint density at radius 3 is 1.68 bits per heavy atom. The van der Waals surface area contributed by atoms with Gasteiger partial charge >= 0.3 is 0 Å². The van der Waals surface area contributed by atoms with E-state index in [1.54, 1.807) is 36.8 Å². The molecule has 0 aliphatic carbocycles. The van der Waals surface area contributed by atoms with Crippen LogP contribution in [0.3, 0.4) is 0 Å². The molecule has 178 valence electrons. The molecule has 0 aliphatic rings. The first-order chi connectivity index (χ1) is 18.7. The second kappa shape index (κ2) is 11.3. The first-order valence-electron chi connectivity index (χ1n) is 11.8. The Morgan fingerprint density at radius 2 is 1.08 bits per heavy atom. The van der Waals surface area contributed by atoms with Gasteiger partial charge in [-0.3, -0.25) is 4.98 Å². The average molecular weight is 489 g/mol. The molecule has 0 aliphatic heterocycles. The Morgan fingerprint density at radius 1 is 0.526 bits per heavy atom. The fourth-order valence-corrected chi connectivity index (χ4v) is 3.96. The summed E-state index contributed by atoms with van der Waals surface area (Å²) in [7, 11) is 0. The normalized spacial score (nSPS) is 10.9. The molecule has 6 nitrogen and oxygen atoms in total. The third-order valence-electron chi connectivity index (χ3n) is 5.83. The highest BCUT2D eigenvalue weighted by Crippen LogP contribution is 2.30. The first-order valence-corrected chi connectivity index (χ1v) is 11.8. The second-order valence-corrected chi connectivity index (χ2v) is 8.30. The monoisotopic (exact) mass is 488 g/mol. The molecule has 5 rings (SSSR count). The van der Waals surface area contributed by atoms with Gasteiger partial charge in [-0.15, -0.1) is 0 Å². The van der Waals surface area contributed by atoms with E-state index in [-0.39, 0.29) is 0 Å². The number of nitriles is 2. The molecule has 0 saturated heterocycles. The molecule has 0 atom stereocenters. The largest absolute Gasteiger partial charge is 0.255 e. The summed E-state index contributed by atoms with van der Waals surface area (Å²) in [6, 6.07) is 29.7. The maximum Gasteiger partial charge on any atom is 0.178 e. The average Bonchev–Trinajstić information content (AvgIpc) is 3.00. The van der Waals surface area contributed by atoms with Crippen LogP contribution in [0.25, 0.3) is 57.3 Å². The van der Waals surface area contributed by atoms with E-state index >= 15 is 0 Å². The van der Waals surface area contributed by atoms with Gasteiger partial charge in [-0.2, -0.15) is 10.5 Å². The van der Waals surface area contributed by atoms with Crippen molar-refractivity contribution in [1.82, 2.24) is 19.9 Å². The predicted molar refractivity (Wildman–Crippen MR) is 149 cm³/mol. The van der Waals surface area contributed by atoms with Crippen LogP contribution in [0, 0.1) is 22.7 Å². The van der Waals surface area contributed by atoms with Gasteiger partial charge in [-0.25, -0.2) is 15.0 Å². The van der Waals surface area contributed by atoms with E-state index in [9.17, 15) is 0 Å². The predicted octanol–water partition coefficient (Wildman–Crippen LogP) is 7.01. The lowest BCUT2D eigenvalue weighted by Crippen LogP contribution is -1.96. The van der Waals surface area contributed by atoms with Crippen LogP contribution < -0.4 is 0 Å². The summed E-state index contributed by atoms with van der Waals surface area (Å²) in [5, 5.41) is 17.6. The zero-order valence-corrected chi connectivity index (χ0v) is 20.2. The summed E-state index contributed by atoms with van der Waals surface area (Å²) in [6.45, 7) is 0. The van der Waals surface area contributed by atoms with Gasteiger partial charge in [0.1, 0.15) is 5.69 Å². The molecule has 0 amide bonds. The number of benzene rings is 2. The summed E-state index contributed by atoms with van der Waals surface area (Å²) >= 11 is 0. The number of allylic oxidation sites excluding steroid dienone is 2. The minimum atomic E-state index is 0.529. The van der Waals surface area contributed by atoms with E-state index < -0.39 is 0 Å². The third kappa shape index (κ3) is 5.57. The Bertz CT molecular complexity index is 1710. The van der Waals surface area contributed by atoms with Crippen molar-refractivity contribution in [1.29, 1.82) is 10.5 Å². The second-order valence-electron chi connectivity index (χ2n) is 8.30. The molecule has 0 fully saturated rings. The minimum Gasteiger partial charge on any atom is -0.255 e. The Balaban J connectivity index is 1.56. The van der Waals surface area contributed by atoms with Gasteiger partial charge in [0.2, 0.25) is 0 Å². The van der Waals surface area contributed by atoms with Crippen LogP contribution in [-0.2, 0) is 0 Å². The van der Waals surface area contributed by atoms with Crippen molar-refractivity contribution in [3.63, 3.8) is 0 Å². The number of pyridine rings is 2. The minimum absolute atomic E-state index is 0.529. The van der Waals surface area contributed by atoms with Crippen molar-refractivity contribution in [2.45, 2.75) is 0 Å². The summed E-state index contributed by atoms with van der Waals surface area (Å²) in [5.74, 6) is 0.529. The topological polar surface area (TPSA) is 99.1 Å².